The summed E-state index contributed by atoms with van der Waals surface area (Å²) in [6.07, 6.45) is 8.99. The molecular weight excluding hydrogens is 346 g/mol. The summed E-state index contributed by atoms with van der Waals surface area (Å²) < 4.78 is 1.88. The number of carbonyl (C=O) groups excluding carboxylic acids is 1. The fourth-order valence-corrected chi connectivity index (χ4v) is 3.54. The fraction of sp³-hybridized carbons (Fsp3) is 0.250. The van der Waals surface area contributed by atoms with Crippen LogP contribution < -0.4 is 0 Å². The number of likely N-dealkylation sites (tertiary alicyclic amines) is 1. The van der Waals surface area contributed by atoms with Crippen molar-refractivity contribution in [2.45, 2.75) is 26.2 Å². The molecule has 4 rings (SSSR count). The lowest BCUT2D eigenvalue weighted by Gasteiger charge is -2.25. The Morgan fingerprint density at radius 2 is 1.68 bits per heavy atom. The molecule has 1 aromatic heterocycles. The highest BCUT2D eigenvalue weighted by atomic mass is 16.2. The number of benzene rings is 2. The normalized spacial score (nSPS) is 14.5. The van der Waals surface area contributed by atoms with Crippen molar-refractivity contribution in [1.29, 1.82) is 0 Å². The zero-order valence-corrected chi connectivity index (χ0v) is 16.2. The molecule has 1 saturated heterocycles. The van der Waals surface area contributed by atoms with Crippen molar-refractivity contribution in [3.05, 3.63) is 78.0 Å². The molecule has 0 unspecified atom stereocenters. The maximum atomic E-state index is 12.6. The first-order chi connectivity index (χ1) is 13.7. The molecule has 1 fully saturated rings. The molecular formula is C24H25N3O. The van der Waals surface area contributed by atoms with Crippen molar-refractivity contribution in [2.75, 3.05) is 13.1 Å². The second-order valence-electron chi connectivity index (χ2n) is 7.30. The number of hydrogen-bond acceptors (Lipinski definition) is 2. The third-order valence-electron chi connectivity index (χ3n) is 5.16. The van der Waals surface area contributed by atoms with Crippen LogP contribution in [0.2, 0.25) is 0 Å². The number of nitrogens with zero attached hydrogens (tertiary/aromatic N) is 3. The van der Waals surface area contributed by atoms with Crippen molar-refractivity contribution in [3.8, 4) is 16.9 Å². The van der Waals surface area contributed by atoms with E-state index in [9.17, 15) is 4.79 Å². The number of rotatable bonds is 4. The number of carbonyl (C=O) groups is 1. The number of amides is 1. The molecule has 0 aliphatic carbocycles. The van der Waals surface area contributed by atoms with E-state index in [4.69, 9.17) is 5.10 Å². The smallest absolute Gasteiger partial charge is 0.246 e. The van der Waals surface area contributed by atoms with E-state index in [1.807, 2.05) is 52.2 Å². The van der Waals surface area contributed by atoms with E-state index in [1.54, 1.807) is 6.08 Å². The lowest BCUT2D eigenvalue weighted by molar-refractivity contribution is -0.126. The first-order valence-electron chi connectivity index (χ1n) is 9.90. The van der Waals surface area contributed by atoms with E-state index in [0.717, 1.165) is 48.4 Å². The molecule has 0 bridgehead atoms. The third kappa shape index (κ3) is 4.06. The van der Waals surface area contributed by atoms with Crippen LogP contribution >= 0.6 is 0 Å². The molecule has 142 valence electrons. The summed E-state index contributed by atoms with van der Waals surface area (Å²) in [6.45, 7) is 3.79. The van der Waals surface area contributed by atoms with Crippen molar-refractivity contribution < 1.29 is 4.79 Å². The molecule has 28 heavy (non-hydrogen) atoms. The minimum Gasteiger partial charge on any atom is -0.339 e. The van der Waals surface area contributed by atoms with Gasteiger partial charge in [-0.3, -0.25) is 4.79 Å². The van der Waals surface area contributed by atoms with Gasteiger partial charge in [-0.15, -0.1) is 0 Å². The maximum absolute atomic E-state index is 12.6. The van der Waals surface area contributed by atoms with Crippen LogP contribution in [0, 0.1) is 6.92 Å². The highest BCUT2D eigenvalue weighted by Crippen LogP contribution is 2.25. The van der Waals surface area contributed by atoms with E-state index in [1.165, 1.54) is 12.0 Å². The van der Waals surface area contributed by atoms with Gasteiger partial charge in [-0.1, -0.05) is 48.0 Å². The Morgan fingerprint density at radius 3 is 2.39 bits per heavy atom. The second-order valence-corrected chi connectivity index (χ2v) is 7.30. The molecule has 3 aromatic rings. The van der Waals surface area contributed by atoms with Crippen LogP contribution in [0.15, 0.2) is 66.9 Å². The van der Waals surface area contributed by atoms with Crippen LogP contribution in [0.1, 0.15) is 30.4 Å². The SMILES string of the molecule is Cc1ccc(-c2nn(-c3ccccc3)cc2/C=C\C(=O)N2CCCCC2)cc1. The molecule has 1 aliphatic heterocycles. The Kier molecular flexibility index (Phi) is 5.38. The van der Waals surface area contributed by atoms with Crippen LogP contribution in [-0.2, 0) is 4.79 Å². The van der Waals surface area contributed by atoms with Gasteiger partial charge in [0, 0.05) is 36.5 Å². The van der Waals surface area contributed by atoms with Crippen LogP contribution in [0.25, 0.3) is 23.0 Å². The van der Waals surface area contributed by atoms with Crippen LogP contribution in [0.5, 0.6) is 0 Å². The molecule has 1 aliphatic rings. The largest absolute Gasteiger partial charge is 0.339 e. The average Bonchev–Trinajstić information content (AvgIpc) is 3.18. The number of hydrogen-bond donors (Lipinski definition) is 0. The van der Waals surface area contributed by atoms with Crippen LogP contribution in [-0.4, -0.2) is 33.7 Å². The Morgan fingerprint density at radius 1 is 0.964 bits per heavy atom. The summed E-state index contributed by atoms with van der Waals surface area (Å²) in [4.78, 5) is 14.5. The third-order valence-corrected chi connectivity index (χ3v) is 5.16. The summed E-state index contributed by atoms with van der Waals surface area (Å²) in [6, 6.07) is 18.4. The monoisotopic (exact) mass is 371 g/mol. The quantitative estimate of drug-likeness (QED) is 0.614. The number of piperidine rings is 1. The summed E-state index contributed by atoms with van der Waals surface area (Å²) in [5, 5.41) is 4.81. The van der Waals surface area contributed by atoms with Crippen LogP contribution in [0.3, 0.4) is 0 Å². The van der Waals surface area contributed by atoms with Gasteiger partial charge in [0.1, 0.15) is 0 Å². The van der Waals surface area contributed by atoms with Gasteiger partial charge in [-0.25, -0.2) is 4.68 Å². The minimum atomic E-state index is 0.0852. The first kappa shape index (κ1) is 18.2. The van der Waals surface area contributed by atoms with E-state index >= 15 is 0 Å². The summed E-state index contributed by atoms with van der Waals surface area (Å²) in [5.41, 5.74) is 5.08. The second kappa shape index (κ2) is 8.26. The fourth-order valence-electron chi connectivity index (χ4n) is 3.54. The lowest BCUT2D eigenvalue weighted by Crippen LogP contribution is -2.34. The molecule has 0 atom stereocenters. The predicted octanol–water partition coefficient (Wildman–Crippen LogP) is 4.87. The Balaban J connectivity index is 1.67. The Labute approximate surface area is 166 Å². The van der Waals surface area contributed by atoms with Crippen molar-refractivity contribution in [2.24, 2.45) is 0 Å². The van der Waals surface area contributed by atoms with Gasteiger partial charge in [0.05, 0.1) is 11.4 Å². The molecule has 0 saturated carbocycles. The van der Waals surface area contributed by atoms with Gasteiger partial charge >= 0.3 is 0 Å². The molecule has 4 heteroatoms. The van der Waals surface area contributed by atoms with E-state index < -0.39 is 0 Å². The van der Waals surface area contributed by atoms with E-state index in [-0.39, 0.29) is 5.91 Å². The Hall–Kier alpha value is -3.14. The van der Waals surface area contributed by atoms with Crippen molar-refractivity contribution in [1.82, 2.24) is 14.7 Å². The highest BCUT2D eigenvalue weighted by molar-refractivity contribution is 5.93. The number of aromatic nitrogens is 2. The first-order valence-corrected chi connectivity index (χ1v) is 9.90. The van der Waals surface area contributed by atoms with E-state index in [2.05, 4.69) is 31.2 Å². The standard InChI is InChI=1S/C24H25N3O/c1-19-10-12-20(13-11-19)24-21(14-15-23(28)26-16-6-3-7-17-26)18-27(25-24)22-8-4-2-5-9-22/h2,4-5,8-15,18H,3,6-7,16-17H2,1H3/b15-14-. The molecule has 2 aromatic carbocycles. The highest BCUT2D eigenvalue weighted by Gasteiger charge is 2.15. The van der Waals surface area contributed by atoms with Gasteiger partial charge in [0.25, 0.3) is 0 Å². The molecule has 0 N–H and O–H groups in total. The Bertz CT molecular complexity index is 965. The summed E-state index contributed by atoms with van der Waals surface area (Å²) in [5.74, 6) is 0.0852. The van der Waals surface area contributed by atoms with Crippen LogP contribution in [0.4, 0.5) is 0 Å². The number of aryl methyl sites for hydroxylation is 1. The van der Waals surface area contributed by atoms with Crippen molar-refractivity contribution >= 4 is 12.0 Å². The molecule has 0 spiro atoms. The zero-order valence-electron chi connectivity index (χ0n) is 16.2. The van der Waals surface area contributed by atoms with Gasteiger partial charge in [0.2, 0.25) is 5.91 Å². The van der Waals surface area contributed by atoms with Crippen molar-refractivity contribution in [3.63, 3.8) is 0 Å². The van der Waals surface area contributed by atoms with Gasteiger partial charge < -0.3 is 4.90 Å². The molecule has 4 nitrogen and oxygen atoms in total. The van der Waals surface area contributed by atoms with Gasteiger partial charge in [-0.2, -0.15) is 5.10 Å². The van der Waals surface area contributed by atoms with E-state index in [0.29, 0.717) is 0 Å². The summed E-state index contributed by atoms with van der Waals surface area (Å²) in [7, 11) is 0. The zero-order chi connectivity index (χ0) is 19.3. The van der Waals surface area contributed by atoms with Gasteiger partial charge in [-0.05, 0) is 44.4 Å². The molecule has 1 amide bonds. The predicted molar refractivity (Wildman–Crippen MR) is 113 cm³/mol. The maximum Gasteiger partial charge on any atom is 0.246 e. The lowest BCUT2D eigenvalue weighted by atomic mass is 10.1. The number of para-hydroxylation sites is 1. The summed E-state index contributed by atoms with van der Waals surface area (Å²) >= 11 is 0. The molecule has 2 heterocycles. The van der Waals surface area contributed by atoms with Gasteiger partial charge in [0.15, 0.2) is 0 Å². The molecule has 0 radical (unpaired) electrons. The topological polar surface area (TPSA) is 38.1 Å². The minimum absolute atomic E-state index is 0.0852. The average molecular weight is 371 g/mol.